The zero-order valence-electron chi connectivity index (χ0n) is 10.5. The van der Waals surface area contributed by atoms with Gasteiger partial charge in [0.05, 0.1) is 0 Å². The number of esters is 1. The van der Waals surface area contributed by atoms with Gasteiger partial charge in [0.25, 0.3) is 5.91 Å². The van der Waals surface area contributed by atoms with E-state index in [0.29, 0.717) is 23.6 Å². The molecule has 1 aromatic rings. The molecule has 0 bridgehead atoms. The van der Waals surface area contributed by atoms with Gasteiger partial charge in [0.15, 0.2) is 6.61 Å². The van der Waals surface area contributed by atoms with E-state index in [4.69, 9.17) is 16.3 Å². The minimum absolute atomic E-state index is 0.185. The highest BCUT2D eigenvalue weighted by molar-refractivity contribution is 6.30. The first-order valence-corrected chi connectivity index (χ1v) is 6.44. The first kappa shape index (κ1) is 14.3. The van der Waals surface area contributed by atoms with Gasteiger partial charge in [-0.1, -0.05) is 17.7 Å². The average Bonchev–Trinajstić information content (AvgIpc) is 2.83. The van der Waals surface area contributed by atoms with Crippen molar-refractivity contribution in [3.05, 3.63) is 29.3 Å². The highest BCUT2D eigenvalue weighted by atomic mass is 35.5. The summed E-state index contributed by atoms with van der Waals surface area (Å²) in [5.74, 6) is -1.25. The molecule has 1 fully saturated rings. The first-order valence-electron chi connectivity index (χ1n) is 6.06. The minimum Gasteiger partial charge on any atom is -0.454 e. The third kappa shape index (κ3) is 3.96. The van der Waals surface area contributed by atoms with Gasteiger partial charge < -0.3 is 15.4 Å². The molecule has 1 aliphatic rings. The number of carbonyl (C=O) groups is 3. The Morgan fingerprint density at radius 3 is 2.90 bits per heavy atom. The maximum atomic E-state index is 11.6. The third-order valence-electron chi connectivity index (χ3n) is 2.73. The second kappa shape index (κ2) is 6.38. The molecule has 0 saturated carbocycles. The fourth-order valence-electron chi connectivity index (χ4n) is 1.79. The largest absolute Gasteiger partial charge is 0.454 e. The number of ether oxygens (including phenoxy) is 1. The Kier molecular flexibility index (Phi) is 4.57. The van der Waals surface area contributed by atoms with Crippen LogP contribution in [0.5, 0.6) is 0 Å². The van der Waals surface area contributed by atoms with Gasteiger partial charge in [-0.2, -0.15) is 0 Å². The van der Waals surface area contributed by atoms with Crippen LogP contribution in [-0.4, -0.2) is 30.4 Å². The molecule has 0 radical (unpaired) electrons. The zero-order valence-corrected chi connectivity index (χ0v) is 11.3. The molecule has 2 amide bonds. The lowest BCUT2D eigenvalue weighted by Crippen LogP contribution is -2.36. The first-order chi connectivity index (χ1) is 9.54. The van der Waals surface area contributed by atoms with Crippen molar-refractivity contribution in [2.75, 3.05) is 11.9 Å². The van der Waals surface area contributed by atoms with E-state index in [9.17, 15) is 14.4 Å². The van der Waals surface area contributed by atoms with Gasteiger partial charge in [-0.15, -0.1) is 0 Å². The molecule has 1 atom stereocenters. The third-order valence-corrected chi connectivity index (χ3v) is 2.97. The molecule has 6 nitrogen and oxygen atoms in total. The normalized spacial score (nSPS) is 17.4. The van der Waals surface area contributed by atoms with Crippen LogP contribution in [0.3, 0.4) is 0 Å². The van der Waals surface area contributed by atoms with E-state index in [0.717, 1.165) is 0 Å². The summed E-state index contributed by atoms with van der Waals surface area (Å²) in [7, 11) is 0. The molecule has 0 spiro atoms. The summed E-state index contributed by atoms with van der Waals surface area (Å²) in [6.45, 7) is -0.405. The van der Waals surface area contributed by atoms with E-state index in [1.165, 1.54) is 0 Å². The molecule has 0 aromatic heterocycles. The summed E-state index contributed by atoms with van der Waals surface area (Å²) >= 11 is 5.78. The molecule has 7 heteroatoms. The van der Waals surface area contributed by atoms with Crippen LogP contribution < -0.4 is 10.6 Å². The lowest BCUT2D eigenvalue weighted by Gasteiger charge is -2.10. The van der Waals surface area contributed by atoms with E-state index < -0.39 is 24.5 Å². The molecule has 1 heterocycles. The van der Waals surface area contributed by atoms with Crippen molar-refractivity contribution < 1.29 is 19.1 Å². The van der Waals surface area contributed by atoms with Crippen LogP contribution in [0.25, 0.3) is 0 Å². The molecule has 2 rings (SSSR count). The lowest BCUT2D eigenvalue weighted by atomic mass is 10.2. The second-order valence-electron chi connectivity index (χ2n) is 4.33. The fraction of sp³-hybridized carbons (Fsp3) is 0.308. The quantitative estimate of drug-likeness (QED) is 0.815. The van der Waals surface area contributed by atoms with Gasteiger partial charge in [0.2, 0.25) is 5.91 Å². The van der Waals surface area contributed by atoms with Gasteiger partial charge >= 0.3 is 5.97 Å². The topological polar surface area (TPSA) is 84.5 Å². The van der Waals surface area contributed by atoms with Crippen LogP contribution >= 0.6 is 11.6 Å². The molecule has 20 heavy (non-hydrogen) atoms. The second-order valence-corrected chi connectivity index (χ2v) is 4.76. The average molecular weight is 297 g/mol. The molecule has 1 aliphatic heterocycles. The lowest BCUT2D eigenvalue weighted by molar-refractivity contribution is -0.149. The Labute approximate surface area is 120 Å². The standard InChI is InChI=1S/C13H13ClN2O4/c14-8-2-1-3-9(6-8)15-12(18)7-20-13(19)10-4-5-11(17)16-10/h1-3,6,10H,4-5,7H2,(H,15,18)(H,16,17). The Balaban J connectivity index is 1.77. The summed E-state index contributed by atoms with van der Waals surface area (Å²) in [4.78, 5) is 34.1. The Morgan fingerprint density at radius 2 is 2.25 bits per heavy atom. The number of amides is 2. The fourth-order valence-corrected chi connectivity index (χ4v) is 1.98. The highest BCUT2D eigenvalue weighted by Crippen LogP contribution is 2.14. The van der Waals surface area contributed by atoms with Crippen molar-refractivity contribution in [3.8, 4) is 0 Å². The van der Waals surface area contributed by atoms with Crippen molar-refractivity contribution in [2.24, 2.45) is 0 Å². The summed E-state index contributed by atoms with van der Waals surface area (Å²) in [6, 6.07) is 5.97. The number of carbonyl (C=O) groups excluding carboxylic acids is 3. The van der Waals surface area contributed by atoms with E-state index in [1.807, 2.05) is 0 Å². The van der Waals surface area contributed by atoms with Crippen LogP contribution in [-0.2, 0) is 19.1 Å². The Morgan fingerprint density at radius 1 is 1.45 bits per heavy atom. The van der Waals surface area contributed by atoms with Crippen molar-refractivity contribution in [3.63, 3.8) is 0 Å². The van der Waals surface area contributed by atoms with Crippen LogP contribution in [0.2, 0.25) is 5.02 Å². The van der Waals surface area contributed by atoms with E-state index in [-0.39, 0.29) is 5.91 Å². The molecule has 0 aliphatic carbocycles. The van der Waals surface area contributed by atoms with Crippen molar-refractivity contribution >= 4 is 35.1 Å². The van der Waals surface area contributed by atoms with Crippen LogP contribution in [0.15, 0.2) is 24.3 Å². The number of halogens is 1. The number of hydrogen-bond donors (Lipinski definition) is 2. The molecular weight excluding hydrogens is 284 g/mol. The number of hydrogen-bond acceptors (Lipinski definition) is 4. The summed E-state index contributed by atoms with van der Waals surface area (Å²) in [5.41, 5.74) is 0.521. The Bertz CT molecular complexity index is 547. The number of anilines is 1. The van der Waals surface area contributed by atoms with Gasteiger partial charge in [0.1, 0.15) is 6.04 Å². The number of rotatable bonds is 4. The summed E-state index contributed by atoms with van der Waals surface area (Å²) in [5, 5.41) is 5.52. The van der Waals surface area contributed by atoms with E-state index >= 15 is 0 Å². The SMILES string of the molecule is O=C(COC(=O)C1CCC(=O)N1)Nc1cccc(Cl)c1. The van der Waals surface area contributed by atoms with Crippen LogP contribution in [0.4, 0.5) is 5.69 Å². The minimum atomic E-state index is -0.651. The monoisotopic (exact) mass is 296 g/mol. The smallest absolute Gasteiger partial charge is 0.329 e. The van der Waals surface area contributed by atoms with Gasteiger partial charge in [0, 0.05) is 17.1 Å². The zero-order chi connectivity index (χ0) is 14.5. The molecule has 106 valence electrons. The summed E-state index contributed by atoms with van der Waals surface area (Å²) in [6.07, 6.45) is 0.696. The van der Waals surface area contributed by atoms with Crippen LogP contribution in [0, 0.1) is 0 Å². The molecule has 1 aromatic carbocycles. The van der Waals surface area contributed by atoms with Gasteiger partial charge in [-0.05, 0) is 24.6 Å². The molecule has 1 saturated heterocycles. The predicted molar refractivity (Wildman–Crippen MR) is 72.2 cm³/mol. The molecular formula is C13H13ClN2O4. The van der Waals surface area contributed by atoms with Crippen molar-refractivity contribution in [1.29, 1.82) is 0 Å². The highest BCUT2D eigenvalue weighted by Gasteiger charge is 2.28. The molecule has 1 unspecified atom stereocenters. The van der Waals surface area contributed by atoms with Crippen molar-refractivity contribution in [2.45, 2.75) is 18.9 Å². The van der Waals surface area contributed by atoms with E-state index in [2.05, 4.69) is 10.6 Å². The van der Waals surface area contributed by atoms with Crippen LogP contribution in [0.1, 0.15) is 12.8 Å². The Hall–Kier alpha value is -2.08. The summed E-state index contributed by atoms with van der Waals surface area (Å²) < 4.78 is 4.84. The van der Waals surface area contributed by atoms with Gasteiger partial charge in [-0.25, -0.2) is 4.79 Å². The predicted octanol–water partition coefficient (Wildman–Crippen LogP) is 1.10. The number of benzene rings is 1. The maximum absolute atomic E-state index is 11.6. The number of nitrogens with one attached hydrogen (secondary N) is 2. The molecule has 2 N–H and O–H groups in total. The van der Waals surface area contributed by atoms with Gasteiger partial charge in [-0.3, -0.25) is 9.59 Å². The maximum Gasteiger partial charge on any atom is 0.329 e. The van der Waals surface area contributed by atoms with Crippen molar-refractivity contribution in [1.82, 2.24) is 5.32 Å². The van der Waals surface area contributed by atoms with E-state index in [1.54, 1.807) is 24.3 Å².